The number of rotatable bonds is 6. The van der Waals surface area contributed by atoms with Crippen molar-refractivity contribution in [2.45, 2.75) is 52.6 Å². The van der Waals surface area contributed by atoms with Crippen LogP contribution >= 0.6 is 0 Å². The van der Waals surface area contributed by atoms with Crippen molar-refractivity contribution < 1.29 is 0 Å². The minimum atomic E-state index is 0.797. The van der Waals surface area contributed by atoms with Gasteiger partial charge in [0.2, 0.25) is 0 Å². The van der Waals surface area contributed by atoms with Crippen molar-refractivity contribution in [2.75, 3.05) is 32.7 Å². The highest BCUT2D eigenvalue weighted by molar-refractivity contribution is 5.76. The van der Waals surface area contributed by atoms with Gasteiger partial charge in [-0.3, -0.25) is 9.80 Å². The van der Waals surface area contributed by atoms with Gasteiger partial charge in [0.1, 0.15) is 11.3 Å². The number of fused-ring (bicyclic) bond motifs is 2. The lowest BCUT2D eigenvalue weighted by atomic mass is 10.1. The van der Waals surface area contributed by atoms with Crippen LogP contribution in [0.3, 0.4) is 0 Å². The fraction of sp³-hybridized carbons (Fsp3) is 0.481. The molecule has 2 aliphatic rings. The molecule has 2 aliphatic heterocycles. The van der Waals surface area contributed by atoms with Crippen LogP contribution in [0, 0.1) is 13.8 Å². The number of imidazole rings is 1. The summed E-state index contributed by atoms with van der Waals surface area (Å²) in [6.07, 6.45) is 8.26. The molecule has 2 fully saturated rings. The molecule has 3 aromatic rings. The van der Waals surface area contributed by atoms with Gasteiger partial charge in [-0.1, -0.05) is 43.3 Å². The Morgan fingerprint density at radius 2 is 1.91 bits per heavy atom. The molecule has 32 heavy (non-hydrogen) atoms. The van der Waals surface area contributed by atoms with Crippen molar-refractivity contribution in [3.63, 3.8) is 0 Å². The molecule has 5 rings (SSSR count). The van der Waals surface area contributed by atoms with E-state index in [4.69, 9.17) is 9.97 Å². The van der Waals surface area contributed by atoms with E-state index in [1.165, 1.54) is 55.7 Å². The van der Waals surface area contributed by atoms with E-state index >= 15 is 0 Å². The van der Waals surface area contributed by atoms with Crippen LogP contribution in [0.5, 0.6) is 0 Å². The van der Waals surface area contributed by atoms with Crippen LogP contribution in [0.1, 0.15) is 48.0 Å². The van der Waals surface area contributed by atoms with E-state index in [-0.39, 0.29) is 0 Å². The normalized spacial score (nSPS) is 19.9. The minimum Gasteiger partial charge on any atom is -0.308 e. The molecule has 1 atom stereocenters. The molecule has 5 nitrogen and oxygen atoms in total. The Kier molecular flexibility index (Phi) is 6.11. The molecule has 1 unspecified atom stereocenters. The van der Waals surface area contributed by atoms with E-state index in [1.807, 2.05) is 0 Å². The predicted octanol–water partition coefficient (Wildman–Crippen LogP) is 4.45. The zero-order valence-electron chi connectivity index (χ0n) is 19.7. The third kappa shape index (κ3) is 4.37. The van der Waals surface area contributed by atoms with E-state index in [1.54, 1.807) is 0 Å². The monoisotopic (exact) mass is 429 g/mol. The SMILES string of the molecule is CCc1nc2c(C)cc(C)nc2n1Cc1ccc(/C=C/CN2CCN3CCCC3C2)cc1. The predicted molar refractivity (Wildman–Crippen MR) is 132 cm³/mol. The molecule has 0 aliphatic carbocycles. The zero-order valence-corrected chi connectivity index (χ0v) is 19.7. The van der Waals surface area contributed by atoms with Gasteiger partial charge in [0.15, 0.2) is 5.65 Å². The smallest absolute Gasteiger partial charge is 0.160 e. The van der Waals surface area contributed by atoms with E-state index in [9.17, 15) is 0 Å². The summed E-state index contributed by atoms with van der Waals surface area (Å²) in [7, 11) is 0. The summed E-state index contributed by atoms with van der Waals surface area (Å²) in [6, 6.07) is 11.9. The maximum absolute atomic E-state index is 4.87. The Bertz CT molecular complexity index is 1110. The summed E-state index contributed by atoms with van der Waals surface area (Å²) in [5.41, 5.74) is 6.85. The van der Waals surface area contributed by atoms with E-state index in [0.29, 0.717) is 0 Å². The van der Waals surface area contributed by atoms with Gasteiger partial charge >= 0.3 is 0 Å². The lowest BCUT2D eigenvalue weighted by molar-refractivity contribution is 0.114. The van der Waals surface area contributed by atoms with Crippen molar-refractivity contribution in [2.24, 2.45) is 0 Å². The number of hydrogen-bond donors (Lipinski definition) is 0. The lowest BCUT2D eigenvalue weighted by Crippen LogP contribution is -2.49. The first-order valence-corrected chi connectivity index (χ1v) is 12.2. The summed E-state index contributed by atoms with van der Waals surface area (Å²) in [5, 5.41) is 0. The molecule has 0 saturated carbocycles. The molecule has 168 valence electrons. The molecule has 0 bridgehead atoms. The van der Waals surface area contributed by atoms with E-state index in [0.717, 1.165) is 48.2 Å². The number of pyridine rings is 1. The average Bonchev–Trinajstić information content (AvgIpc) is 3.39. The molecular formula is C27H35N5. The largest absolute Gasteiger partial charge is 0.308 e. The van der Waals surface area contributed by atoms with E-state index < -0.39 is 0 Å². The first-order valence-electron chi connectivity index (χ1n) is 12.2. The van der Waals surface area contributed by atoms with Crippen molar-refractivity contribution in [3.05, 3.63) is 64.6 Å². The van der Waals surface area contributed by atoms with Crippen molar-refractivity contribution in [1.82, 2.24) is 24.3 Å². The molecule has 0 spiro atoms. The fourth-order valence-corrected chi connectivity index (χ4v) is 5.36. The van der Waals surface area contributed by atoms with Crippen LogP contribution in [0.15, 0.2) is 36.4 Å². The average molecular weight is 430 g/mol. The van der Waals surface area contributed by atoms with Gasteiger partial charge in [-0.25, -0.2) is 9.97 Å². The van der Waals surface area contributed by atoms with Crippen molar-refractivity contribution in [1.29, 1.82) is 0 Å². The number of piperazine rings is 1. The third-order valence-electron chi connectivity index (χ3n) is 7.08. The first-order chi connectivity index (χ1) is 15.6. The maximum Gasteiger partial charge on any atom is 0.160 e. The van der Waals surface area contributed by atoms with Crippen LogP contribution in [-0.4, -0.2) is 63.1 Å². The maximum atomic E-state index is 4.87. The van der Waals surface area contributed by atoms with Gasteiger partial charge < -0.3 is 4.57 Å². The molecule has 2 aromatic heterocycles. The standard InChI is InChI=1S/C27H35N5/c1-4-25-29-26-20(2)17-21(3)28-27(26)32(25)18-23-11-9-22(10-12-23)7-5-13-30-15-16-31-14-6-8-24(31)19-30/h5,7,9-12,17,24H,4,6,8,13-16,18-19H2,1-3H3/b7-5+. The molecule has 1 aromatic carbocycles. The van der Waals surface area contributed by atoms with Crippen LogP contribution in [0.25, 0.3) is 17.2 Å². The summed E-state index contributed by atoms with van der Waals surface area (Å²) in [5.74, 6) is 1.10. The van der Waals surface area contributed by atoms with Crippen LogP contribution < -0.4 is 0 Å². The summed E-state index contributed by atoms with van der Waals surface area (Å²) in [6.45, 7) is 13.2. The highest BCUT2D eigenvalue weighted by atomic mass is 15.3. The molecule has 2 saturated heterocycles. The highest BCUT2D eigenvalue weighted by Crippen LogP contribution is 2.22. The van der Waals surface area contributed by atoms with Gasteiger partial charge in [-0.15, -0.1) is 0 Å². The van der Waals surface area contributed by atoms with Crippen LogP contribution in [0.2, 0.25) is 0 Å². The second kappa shape index (κ2) is 9.16. The number of nitrogens with zero attached hydrogens (tertiary/aromatic N) is 5. The Morgan fingerprint density at radius 1 is 1.06 bits per heavy atom. The van der Waals surface area contributed by atoms with Gasteiger partial charge in [-0.2, -0.15) is 0 Å². The van der Waals surface area contributed by atoms with Gasteiger partial charge in [0, 0.05) is 44.3 Å². The van der Waals surface area contributed by atoms with Crippen molar-refractivity contribution in [3.8, 4) is 0 Å². The summed E-state index contributed by atoms with van der Waals surface area (Å²) < 4.78 is 2.28. The number of benzene rings is 1. The highest BCUT2D eigenvalue weighted by Gasteiger charge is 2.29. The van der Waals surface area contributed by atoms with Crippen LogP contribution in [-0.2, 0) is 13.0 Å². The first kappa shape index (κ1) is 21.4. The number of hydrogen-bond acceptors (Lipinski definition) is 4. The second-order valence-corrected chi connectivity index (χ2v) is 9.46. The molecule has 0 N–H and O–H groups in total. The van der Waals surface area contributed by atoms with Crippen molar-refractivity contribution >= 4 is 17.2 Å². The topological polar surface area (TPSA) is 37.2 Å². The third-order valence-corrected chi connectivity index (χ3v) is 7.08. The van der Waals surface area contributed by atoms with Gasteiger partial charge in [0.05, 0.1) is 6.54 Å². The minimum absolute atomic E-state index is 0.797. The Balaban J connectivity index is 1.25. The Labute approximate surface area is 191 Å². The Hall–Kier alpha value is -2.50. The summed E-state index contributed by atoms with van der Waals surface area (Å²) >= 11 is 0. The van der Waals surface area contributed by atoms with Crippen LogP contribution in [0.4, 0.5) is 0 Å². The summed E-state index contributed by atoms with van der Waals surface area (Å²) in [4.78, 5) is 15.0. The molecule has 0 amide bonds. The molecule has 5 heteroatoms. The molecule has 0 radical (unpaired) electrons. The lowest BCUT2D eigenvalue weighted by Gasteiger charge is -2.36. The quantitative estimate of drug-likeness (QED) is 0.580. The van der Waals surface area contributed by atoms with Gasteiger partial charge in [0.25, 0.3) is 0 Å². The second-order valence-electron chi connectivity index (χ2n) is 9.46. The Morgan fingerprint density at radius 3 is 2.72 bits per heavy atom. The van der Waals surface area contributed by atoms with E-state index in [2.05, 4.69) is 77.6 Å². The molecular weight excluding hydrogens is 394 g/mol. The fourth-order valence-electron chi connectivity index (χ4n) is 5.36. The number of aryl methyl sites for hydroxylation is 3. The number of aromatic nitrogens is 3. The molecule has 4 heterocycles. The van der Waals surface area contributed by atoms with Gasteiger partial charge in [-0.05, 0) is 56.0 Å². The zero-order chi connectivity index (χ0) is 22.1.